The van der Waals surface area contributed by atoms with Gasteiger partial charge in [0.25, 0.3) is 5.91 Å². The van der Waals surface area contributed by atoms with Gasteiger partial charge in [0, 0.05) is 18.2 Å². The first-order chi connectivity index (χ1) is 13.6. The topological polar surface area (TPSA) is 102 Å². The van der Waals surface area contributed by atoms with Gasteiger partial charge in [-0.05, 0) is 56.5 Å². The summed E-state index contributed by atoms with van der Waals surface area (Å²) in [5, 5.41) is 4.53. The monoisotopic (exact) mass is 416 g/mol. The lowest BCUT2D eigenvalue weighted by atomic mass is 10.1. The van der Waals surface area contributed by atoms with E-state index in [0.717, 1.165) is 11.1 Å². The molecule has 2 aromatic carbocycles. The van der Waals surface area contributed by atoms with Crippen LogP contribution in [0.25, 0.3) is 0 Å². The standard InChI is InChI=1S/C21H24N2O5S/c1-12-6-5-7-16(15(12)4)22-20(24)9-14(3)29(26,27)19-10-18-17(8-13(19)2)23-21(25)11-28-18/h5-8,10,14H,9,11H2,1-4H3,(H,22,24)(H,23,25). The number of sulfone groups is 1. The Labute approximate surface area is 170 Å². The molecule has 3 rings (SSSR count). The third kappa shape index (κ3) is 4.27. The van der Waals surface area contributed by atoms with Crippen molar-refractivity contribution in [1.82, 2.24) is 0 Å². The molecule has 2 N–H and O–H groups in total. The molecule has 1 unspecified atom stereocenters. The van der Waals surface area contributed by atoms with E-state index in [0.29, 0.717) is 22.7 Å². The highest BCUT2D eigenvalue weighted by atomic mass is 32.2. The van der Waals surface area contributed by atoms with Crippen molar-refractivity contribution in [3.63, 3.8) is 0 Å². The zero-order valence-electron chi connectivity index (χ0n) is 16.8. The highest BCUT2D eigenvalue weighted by molar-refractivity contribution is 7.92. The molecule has 29 heavy (non-hydrogen) atoms. The Morgan fingerprint density at radius 1 is 1.21 bits per heavy atom. The van der Waals surface area contributed by atoms with E-state index in [9.17, 15) is 18.0 Å². The number of hydrogen-bond donors (Lipinski definition) is 2. The predicted molar refractivity (Wildman–Crippen MR) is 111 cm³/mol. The molecule has 1 aliphatic rings. The second-order valence-electron chi connectivity index (χ2n) is 7.31. The molecular formula is C21H24N2O5S. The van der Waals surface area contributed by atoms with Crippen LogP contribution >= 0.6 is 0 Å². The zero-order chi connectivity index (χ0) is 21.3. The molecule has 2 amide bonds. The minimum atomic E-state index is -3.78. The summed E-state index contributed by atoms with van der Waals surface area (Å²) in [4.78, 5) is 24.0. The lowest BCUT2D eigenvalue weighted by molar-refractivity contribution is -0.118. The van der Waals surface area contributed by atoms with Crippen molar-refractivity contribution >= 4 is 33.0 Å². The van der Waals surface area contributed by atoms with E-state index in [4.69, 9.17) is 4.74 Å². The smallest absolute Gasteiger partial charge is 0.262 e. The van der Waals surface area contributed by atoms with Crippen LogP contribution in [-0.2, 0) is 19.4 Å². The van der Waals surface area contributed by atoms with Crippen LogP contribution in [0.3, 0.4) is 0 Å². The molecule has 0 radical (unpaired) electrons. The summed E-state index contributed by atoms with van der Waals surface area (Å²) in [5.41, 5.74) is 3.59. The summed E-state index contributed by atoms with van der Waals surface area (Å²) < 4.78 is 31.5. The number of amides is 2. The molecule has 0 saturated carbocycles. The molecular weight excluding hydrogens is 392 g/mol. The second-order valence-corrected chi connectivity index (χ2v) is 9.64. The Morgan fingerprint density at radius 2 is 1.93 bits per heavy atom. The fourth-order valence-corrected chi connectivity index (χ4v) is 4.78. The summed E-state index contributed by atoms with van der Waals surface area (Å²) in [6, 6.07) is 8.56. The number of hydrogen-bond acceptors (Lipinski definition) is 5. The van der Waals surface area contributed by atoms with Gasteiger partial charge in [0.2, 0.25) is 5.91 Å². The van der Waals surface area contributed by atoms with E-state index in [1.807, 2.05) is 26.0 Å². The van der Waals surface area contributed by atoms with Crippen molar-refractivity contribution in [2.75, 3.05) is 17.2 Å². The SMILES string of the molecule is Cc1cc2c(cc1S(=O)(=O)C(C)CC(=O)Nc1cccc(C)c1C)OCC(=O)N2. The fraction of sp³-hybridized carbons (Fsp3) is 0.333. The van der Waals surface area contributed by atoms with Gasteiger partial charge in [0.1, 0.15) is 5.75 Å². The van der Waals surface area contributed by atoms with Gasteiger partial charge in [-0.15, -0.1) is 0 Å². The highest BCUT2D eigenvalue weighted by Gasteiger charge is 2.29. The number of rotatable bonds is 5. The Hall–Kier alpha value is -2.87. The molecule has 0 fully saturated rings. The summed E-state index contributed by atoms with van der Waals surface area (Å²) in [5.74, 6) is -0.348. The van der Waals surface area contributed by atoms with Crippen molar-refractivity contribution in [1.29, 1.82) is 0 Å². The number of benzene rings is 2. The van der Waals surface area contributed by atoms with Crippen LogP contribution in [0.2, 0.25) is 0 Å². The zero-order valence-corrected chi connectivity index (χ0v) is 17.6. The van der Waals surface area contributed by atoms with Crippen LogP contribution < -0.4 is 15.4 Å². The molecule has 0 saturated heterocycles. The van der Waals surface area contributed by atoms with Gasteiger partial charge in [-0.2, -0.15) is 0 Å². The Bertz CT molecular complexity index is 1090. The van der Waals surface area contributed by atoms with Crippen molar-refractivity contribution < 1.29 is 22.7 Å². The Balaban J connectivity index is 1.79. The van der Waals surface area contributed by atoms with E-state index < -0.39 is 15.1 Å². The molecule has 2 aromatic rings. The van der Waals surface area contributed by atoms with E-state index in [2.05, 4.69) is 10.6 Å². The number of fused-ring (bicyclic) bond motifs is 1. The normalized spacial score (nSPS) is 14.4. The maximum atomic E-state index is 13.1. The number of ether oxygens (including phenoxy) is 1. The van der Waals surface area contributed by atoms with Crippen LogP contribution in [0.5, 0.6) is 5.75 Å². The first-order valence-corrected chi connectivity index (χ1v) is 10.8. The molecule has 0 bridgehead atoms. The van der Waals surface area contributed by atoms with Crippen molar-refractivity contribution in [2.24, 2.45) is 0 Å². The average molecular weight is 416 g/mol. The number of nitrogens with one attached hydrogen (secondary N) is 2. The third-order valence-corrected chi connectivity index (χ3v) is 7.38. The minimum absolute atomic E-state index is 0.0967. The number of carbonyl (C=O) groups excluding carboxylic acids is 2. The summed E-state index contributed by atoms with van der Waals surface area (Å²) in [6.07, 6.45) is -0.177. The largest absolute Gasteiger partial charge is 0.482 e. The average Bonchev–Trinajstić information content (AvgIpc) is 2.64. The second kappa shape index (κ2) is 7.87. The summed E-state index contributed by atoms with van der Waals surface area (Å²) in [7, 11) is -3.78. The van der Waals surface area contributed by atoms with Crippen molar-refractivity contribution in [3.8, 4) is 5.75 Å². The Morgan fingerprint density at radius 3 is 2.66 bits per heavy atom. The van der Waals surface area contributed by atoms with Crippen molar-refractivity contribution in [3.05, 3.63) is 47.0 Å². The number of carbonyl (C=O) groups is 2. The van der Waals surface area contributed by atoms with Gasteiger partial charge in [-0.25, -0.2) is 8.42 Å². The Kier molecular flexibility index (Phi) is 5.66. The van der Waals surface area contributed by atoms with Crippen LogP contribution in [0.4, 0.5) is 11.4 Å². The summed E-state index contributed by atoms with van der Waals surface area (Å²) >= 11 is 0. The van der Waals surface area contributed by atoms with Gasteiger partial charge in [-0.1, -0.05) is 12.1 Å². The van der Waals surface area contributed by atoms with E-state index in [-0.39, 0.29) is 29.7 Å². The van der Waals surface area contributed by atoms with E-state index in [1.165, 1.54) is 13.0 Å². The molecule has 0 spiro atoms. The predicted octanol–water partition coefficient (Wildman–Crippen LogP) is 3.13. The van der Waals surface area contributed by atoms with Crippen LogP contribution in [0.1, 0.15) is 30.0 Å². The number of anilines is 2. The molecule has 154 valence electrons. The molecule has 1 atom stereocenters. The van der Waals surface area contributed by atoms with Gasteiger partial charge in [0.15, 0.2) is 16.4 Å². The minimum Gasteiger partial charge on any atom is -0.482 e. The first kappa shape index (κ1) is 20.9. The van der Waals surface area contributed by atoms with Crippen LogP contribution in [-0.4, -0.2) is 32.1 Å². The first-order valence-electron chi connectivity index (χ1n) is 9.27. The third-order valence-electron chi connectivity index (χ3n) is 5.10. The molecule has 7 nitrogen and oxygen atoms in total. The molecule has 1 aliphatic heterocycles. The molecule has 0 aliphatic carbocycles. The van der Waals surface area contributed by atoms with Crippen LogP contribution in [0.15, 0.2) is 35.2 Å². The maximum Gasteiger partial charge on any atom is 0.262 e. The van der Waals surface area contributed by atoms with E-state index in [1.54, 1.807) is 19.1 Å². The molecule has 8 heteroatoms. The molecule has 0 aromatic heterocycles. The fourth-order valence-electron chi connectivity index (χ4n) is 3.20. The van der Waals surface area contributed by atoms with Gasteiger partial charge in [0.05, 0.1) is 15.8 Å². The van der Waals surface area contributed by atoms with Crippen molar-refractivity contribution in [2.45, 2.75) is 44.3 Å². The van der Waals surface area contributed by atoms with Gasteiger partial charge in [-0.3, -0.25) is 9.59 Å². The lowest BCUT2D eigenvalue weighted by Crippen LogP contribution is -2.27. The van der Waals surface area contributed by atoms with Gasteiger partial charge >= 0.3 is 0 Å². The van der Waals surface area contributed by atoms with E-state index >= 15 is 0 Å². The van der Waals surface area contributed by atoms with Crippen LogP contribution in [0, 0.1) is 20.8 Å². The number of aryl methyl sites for hydroxylation is 2. The maximum absolute atomic E-state index is 13.1. The quantitative estimate of drug-likeness (QED) is 0.780. The summed E-state index contributed by atoms with van der Waals surface area (Å²) in [6.45, 7) is 6.85. The molecule has 1 heterocycles. The van der Waals surface area contributed by atoms with Gasteiger partial charge < -0.3 is 15.4 Å². The highest BCUT2D eigenvalue weighted by Crippen LogP contribution is 2.34. The lowest BCUT2D eigenvalue weighted by Gasteiger charge is -2.21.